The molecule has 0 saturated carbocycles. The molecule has 3 heterocycles. The molecule has 1 atom stereocenters. The van der Waals surface area contributed by atoms with Crippen molar-refractivity contribution in [2.45, 2.75) is 42.9 Å². The minimum absolute atomic E-state index is 0.0145. The third-order valence-electron chi connectivity index (χ3n) is 4.76. The van der Waals surface area contributed by atoms with Crippen molar-refractivity contribution in [3.8, 4) is 0 Å². The van der Waals surface area contributed by atoms with Gasteiger partial charge in [-0.05, 0) is 44.4 Å². The van der Waals surface area contributed by atoms with Gasteiger partial charge < -0.3 is 9.15 Å². The fourth-order valence-corrected chi connectivity index (χ4v) is 4.29. The zero-order chi connectivity index (χ0) is 15.8. The fraction of sp³-hybridized carbons (Fsp3) is 0.733. The van der Waals surface area contributed by atoms with Crippen molar-refractivity contribution in [2.24, 2.45) is 0 Å². The lowest BCUT2D eigenvalue weighted by molar-refractivity contribution is -0.0347. The maximum absolute atomic E-state index is 12.1. The van der Waals surface area contributed by atoms with Gasteiger partial charge in [0.1, 0.15) is 5.76 Å². The summed E-state index contributed by atoms with van der Waals surface area (Å²) in [5.74, 6) is 0.701. The third-order valence-corrected chi connectivity index (χ3v) is 6.45. The highest BCUT2D eigenvalue weighted by molar-refractivity contribution is 7.88. The van der Waals surface area contributed by atoms with E-state index in [2.05, 4.69) is 4.90 Å². The minimum Gasteiger partial charge on any atom is -0.447 e. The van der Waals surface area contributed by atoms with Crippen LogP contribution in [-0.2, 0) is 21.3 Å². The molecule has 0 N–H and O–H groups in total. The molecule has 2 fully saturated rings. The molecule has 2 aliphatic rings. The minimum atomic E-state index is -3.50. The van der Waals surface area contributed by atoms with Crippen molar-refractivity contribution in [3.05, 3.63) is 17.9 Å². The van der Waals surface area contributed by atoms with Crippen LogP contribution in [0, 0.1) is 0 Å². The van der Waals surface area contributed by atoms with Crippen molar-refractivity contribution in [2.75, 3.05) is 33.9 Å². The van der Waals surface area contributed by atoms with Crippen molar-refractivity contribution in [1.82, 2.24) is 9.21 Å². The Bertz CT molecular complexity index is 617. The third kappa shape index (κ3) is 2.82. The van der Waals surface area contributed by atoms with Gasteiger partial charge in [-0.15, -0.1) is 0 Å². The van der Waals surface area contributed by atoms with Crippen molar-refractivity contribution < 1.29 is 17.6 Å². The van der Waals surface area contributed by atoms with Gasteiger partial charge in [0.15, 0.2) is 0 Å². The molecule has 2 saturated heterocycles. The van der Waals surface area contributed by atoms with Crippen LogP contribution in [0.5, 0.6) is 0 Å². The first-order chi connectivity index (χ1) is 10.4. The Labute approximate surface area is 132 Å². The van der Waals surface area contributed by atoms with Crippen LogP contribution >= 0.6 is 0 Å². The number of furan rings is 1. The summed E-state index contributed by atoms with van der Waals surface area (Å²) >= 11 is 0. The van der Waals surface area contributed by atoms with Crippen LogP contribution in [0.3, 0.4) is 0 Å². The normalized spacial score (nSPS) is 27.0. The van der Waals surface area contributed by atoms with Crippen LogP contribution in [0.4, 0.5) is 0 Å². The quantitative estimate of drug-likeness (QED) is 0.841. The molecular weight excluding hydrogens is 304 g/mol. The molecule has 6 nitrogen and oxygen atoms in total. The predicted molar refractivity (Wildman–Crippen MR) is 82.0 cm³/mol. The number of nitrogens with zero attached hydrogens (tertiary/aromatic N) is 2. The molecule has 0 bridgehead atoms. The average Bonchev–Trinajstić information content (AvgIpc) is 3.09. The first-order valence-corrected chi connectivity index (χ1v) is 9.22. The Balaban J connectivity index is 1.75. The molecule has 2 aliphatic heterocycles. The molecule has 1 aromatic heterocycles. The van der Waals surface area contributed by atoms with Crippen LogP contribution in [0.2, 0.25) is 0 Å². The van der Waals surface area contributed by atoms with Crippen molar-refractivity contribution in [3.63, 3.8) is 0 Å². The Hall–Kier alpha value is -0.890. The molecule has 1 spiro atoms. The summed E-state index contributed by atoms with van der Waals surface area (Å²) in [6.07, 6.45) is 4.55. The van der Waals surface area contributed by atoms with Gasteiger partial charge in [-0.1, -0.05) is 0 Å². The number of likely N-dealkylation sites (tertiary alicyclic amines) is 1. The van der Waals surface area contributed by atoms with Crippen LogP contribution in [-0.4, -0.2) is 57.0 Å². The summed E-state index contributed by atoms with van der Waals surface area (Å²) in [5.41, 5.74) is 0.117. The van der Waals surface area contributed by atoms with E-state index in [4.69, 9.17) is 9.15 Å². The number of rotatable bonds is 4. The molecular formula is C15H24N2O4S. The highest BCUT2D eigenvalue weighted by Crippen LogP contribution is 2.37. The van der Waals surface area contributed by atoms with E-state index >= 15 is 0 Å². The van der Waals surface area contributed by atoms with Gasteiger partial charge >= 0.3 is 0 Å². The van der Waals surface area contributed by atoms with E-state index in [-0.39, 0.29) is 10.6 Å². The van der Waals surface area contributed by atoms with E-state index < -0.39 is 10.0 Å². The number of sulfonamides is 1. The van der Waals surface area contributed by atoms with Gasteiger partial charge in [0.25, 0.3) is 10.0 Å². The van der Waals surface area contributed by atoms with E-state index in [1.807, 2.05) is 0 Å². The zero-order valence-electron chi connectivity index (χ0n) is 13.2. The zero-order valence-corrected chi connectivity index (χ0v) is 14.1. The molecule has 1 unspecified atom stereocenters. The topological polar surface area (TPSA) is 63.0 Å². The maximum atomic E-state index is 12.1. The highest BCUT2D eigenvalue weighted by atomic mass is 32.2. The summed E-state index contributed by atoms with van der Waals surface area (Å²) in [6.45, 7) is 3.28. The lowest BCUT2D eigenvalue weighted by Crippen LogP contribution is -2.49. The second-order valence-corrected chi connectivity index (χ2v) is 8.50. The maximum Gasteiger partial charge on any atom is 0.275 e. The largest absolute Gasteiger partial charge is 0.447 e. The summed E-state index contributed by atoms with van der Waals surface area (Å²) in [4.78, 5) is 2.40. The summed E-state index contributed by atoms with van der Waals surface area (Å²) < 4.78 is 36.6. The SMILES string of the molecule is CN(C)S(=O)(=O)c1ccc(CN2CCCC23CCCOC3)o1. The highest BCUT2D eigenvalue weighted by Gasteiger charge is 2.42. The Morgan fingerprint density at radius 3 is 2.73 bits per heavy atom. The first kappa shape index (κ1) is 16.0. The van der Waals surface area contributed by atoms with E-state index in [0.29, 0.717) is 12.3 Å². The van der Waals surface area contributed by atoms with Gasteiger partial charge in [-0.3, -0.25) is 4.90 Å². The van der Waals surface area contributed by atoms with E-state index in [0.717, 1.165) is 45.4 Å². The first-order valence-electron chi connectivity index (χ1n) is 7.78. The molecule has 0 radical (unpaired) electrons. The monoisotopic (exact) mass is 328 g/mol. The fourth-order valence-electron chi connectivity index (χ4n) is 3.48. The van der Waals surface area contributed by atoms with Crippen molar-refractivity contribution >= 4 is 10.0 Å². The Kier molecular flexibility index (Phi) is 4.33. The molecule has 0 aromatic carbocycles. The number of hydrogen-bond acceptors (Lipinski definition) is 5. The molecule has 7 heteroatoms. The molecule has 124 valence electrons. The summed E-state index contributed by atoms with van der Waals surface area (Å²) in [5, 5.41) is 0.0145. The van der Waals surface area contributed by atoms with Gasteiger partial charge in [-0.2, -0.15) is 0 Å². The van der Waals surface area contributed by atoms with E-state index in [1.54, 1.807) is 12.1 Å². The van der Waals surface area contributed by atoms with Gasteiger partial charge in [-0.25, -0.2) is 12.7 Å². The molecule has 3 rings (SSSR count). The molecule has 0 amide bonds. The lowest BCUT2D eigenvalue weighted by Gasteiger charge is -2.40. The van der Waals surface area contributed by atoms with E-state index in [1.165, 1.54) is 18.4 Å². The van der Waals surface area contributed by atoms with E-state index in [9.17, 15) is 8.42 Å². The number of hydrogen-bond donors (Lipinski definition) is 0. The second-order valence-electron chi connectivity index (χ2n) is 6.41. The second kappa shape index (κ2) is 5.96. The average molecular weight is 328 g/mol. The molecule has 0 aliphatic carbocycles. The Morgan fingerprint density at radius 1 is 1.27 bits per heavy atom. The predicted octanol–water partition coefficient (Wildman–Crippen LogP) is 1.67. The van der Waals surface area contributed by atoms with Gasteiger partial charge in [0, 0.05) is 26.2 Å². The summed E-state index contributed by atoms with van der Waals surface area (Å²) in [7, 11) is -0.487. The lowest BCUT2D eigenvalue weighted by atomic mass is 9.89. The van der Waals surface area contributed by atoms with Gasteiger partial charge in [0.05, 0.1) is 13.2 Å². The Morgan fingerprint density at radius 2 is 2.05 bits per heavy atom. The van der Waals surface area contributed by atoms with Crippen LogP contribution in [0.15, 0.2) is 21.6 Å². The van der Waals surface area contributed by atoms with Crippen LogP contribution in [0.25, 0.3) is 0 Å². The smallest absolute Gasteiger partial charge is 0.275 e. The standard InChI is InChI=1S/C15H24N2O4S/c1-16(2)22(18,19)14-6-5-13(21-14)11-17-9-3-7-15(17)8-4-10-20-12-15/h5-6H,3-4,7-12H2,1-2H3. The van der Waals surface area contributed by atoms with Crippen LogP contribution in [0.1, 0.15) is 31.4 Å². The van der Waals surface area contributed by atoms with Crippen molar-refractivity contribution in [1.29, 1.82) is 0 Å². The number of ether oxygens (including phenoxy) is 1. The summed E-state index contributed by atoms with van der Waals surface area (Å²) in [6, 6.07) is 3.32. The van der Waals surface area contributed by atoms with Crippen LogP contribution < -0.4 is 0 Å². The van der Waals surface area contributed by atoms with Gasteiger partial charge in [0.2, 0.25) is 5.09 Å². The molecule has 22 heavy (non-hydrogen) atoms. The molecule has 1 aromatic rings.